The Hall–Kier alpha value is -0.990. The smallest absolute Gasteiger partial charge is 0.124 e. The van der Waals surface area contributed by atoms with E-state index in [0.29, 0.717) is 6.04 Å². The first-order valence-corrected chi connectivity index (χ1v) is 5.47. The molecule has 1 aromatic rings. The van der Waals surface area contributed by atoms with Crippen LogP contribution in [0.25, 0.3) is 0 Å². The minimum atomic E-state index is 0.472. The van der Waals surface area contributed by atoms with Crippen molar-refractivity contribution in [3.8, 4) is 0 Å². The molecule has 0 spiro atoms. The summed E-state index contributed by atoms with van der Waals surface area (Å²) in [5.74, 6) is 1.87. The third-order valence-electron chi connectivity index (χ3n) is 2.86. The summed E-state index contributed by atoms with van der Waals surface area (Å²) in [6.45, 7) is 4.30. The van der Waals surface area contributed by atoms with Gasteiger partial charge in [0.2, 0.25) is 0 Å². The lowest BCUT2D eigenvalue weighted by Crippen LogP contribution is -2.12. The quantitative estimate of drug-likeness (QED) is 0.799. The molecular formula is C11H19N3. The van der Waals surface area contributed by atoms with Crippen molar-refractivity contribution in [2.75, 3.05) is 5.32 Å². The largest absolute Gasteiger partial charge is 0.368 e. The predicted molar refractivity (Wildman–Crippen MR) is 58.6 cm³/mol. The summed E-state index contributed by atoms with van der Waals surface area (Å²) in [4.78, 5) is 0. The van der Waals surface area contributed by atoms with Gasteiger partial charge >= 0.3 is 0 Å². The number of nitrogens with one attached hydrogen (secondary N) is 1. The normalized spacial score (nSPS) is 17.1. The van der Waals surface area contributed by atoms with Crippen molar-refractivity contribution in [3.63, 3.8) is 0 Å². The second-order valence-corrected chi connectivity index (χ2v) is 4.50. The molecule has 0 radical (unpaired) electrons. The first-order chi connectivity index (χ1) is 6.66. The van der Waals surface area contributed by atoms with Crippen LogP contribution in [0.15, 0.2) is 6.07 Å². The lowest BCUT2D eigenvalue weighted by atomic mass is 9.83. The number of nitrogens with zero attached hydrogens (tertiary/aromatic N) is 2. The van der Waals surface area contributed by atoms with Crippen LogP contribution in [-0.2, 0) is 7.05 Å². The highest BCUT2D eigenvalue weighted by atomic mass is 15.3. The number of aryl methyl sites for hydroxylation is 1. The molecule has 78 valence electrons. The van der Waals surface area contributed by atoms with E-state index < -0.39 is 0 Å². The number of rotatable bonds is 3. The summed E-state index contributed by atoms with van der Waals surface area (Å²) in [5.41, 5.74) is 1.27. The van der Waals surface area contributed by atoms with Gasteiger partial charge in [0.15, 0.2) is 0 Å². The Morgan fingerprint density at radius 1 is 1.50 bits per heavy atom. The van der Waals surface area contributed by atoms with Gasteiger partial charge < -0.3 is 5.32 Å². The summed E-state index contributed by atoms with van der Waals surface area (Å²) in [6, 6.07) is 2.67. The van der Waals surface area contributed by atoms with E-state index in [0.717, 1.165) is 11.7 Å². The third-order valence-corrected chi connectivity index (χ3v) is 2.86. The fraction of sp³-hybridized carbons (Fsp3) is 0.727. The van der Waals surface area contributed by atoms with Crippen molar-refractivity contribution in [1.82, 2.24) is 9.78 Å². The van der Waals surface area contributed by atoms with E-state index in [-0.39, 0.29) is 0 Å². The van der Waals surface area contributed by atoms with Crippen LogP contribution in [0.5, 0.6) is 0 Å². The minimum absolute atomic E-state index is 0.472. The molecule has 0 atom stereocenters. The summed E-state index contributed by atoms with van der Waals surface area (Å²) in [7, 11) is 2.01. The molecule has 0 bridgehead atoms. The molecule has 2 rings (SSSR count). The van der Waals surface area contributed by atoms with Crippen molar-refractivity contribution >= 4 is 5.82 Å². The van der Waals surface area contributed by atoms with E-state index in [2.05, 4.69) is 30.3 Å². The monoisotopic (exact) mass is 193 g/mol. The van der Waals surface area contributed by atoms with E-state index in [1.165, 1.54) is 25.0 Å². The Morgan fingerprint density at radius 2 is 2.21 bits per heavy atom. The molecule has 1 saturated carbocycles. The highest BCUT2D eigenvalue weighted by Gasteiger charge is 2.22. The SMILES string of the molecule is CC(C)Nc1cc(C2CCC2)nn1C. The first kappa shape index (κ1) is 9.56. The molecule has 0 amide bonds. The van der Waals surface area contributed by atoms with Gasteiger partial charge in [-0.2, -0.15) is 5.10 Å². The Bertz CT molecular complexity index is 310. The van der Waals surface area contributed by atoms with E-state index >= 15 is 0 Å². The van der Waals surface area contributed by atoms with E-state index in [1.54, 1.807) is 0 Å². The molecule has 0 saturated heterocycles. The maximum absolute atomic E-state index is 4.54. The summed E-state index contributed by atoms with van der Waals surface area (Å²) in [5, 5.41) is 7.94. The zero-order valence-electron chi connectivity index (χ0n) is 9.25. The zero-order chi connectivity index (χ0) is 10.1. The van der Waals surface area contributed by atoms with Gasteiger partial charge in [-0.05, 0) is 26.7 Å². The van der Waals surface area contributed by atoms with Crippen molar-refractivity contribution in [2.24, 2.45) is 7.05 Å². The molecule has 0 aromatic carbocycles. The van der Waals surface area contributed by atoms with Crippen molar-refractivity contribution in [1.29, 1.82) is 0 Å². The molecule has 1 heterocycles. The molecule has 1 aliphatic rings. The Kier molecular flexibility index (Phi) is 2.48. The Labute approximate surface area is 85.5 Å². The van der Waals surface area contributed by atoms with Gasteiger partial charge in [-0.1, -0.05) is 6.42 Å². The van der Waals surface area contributed by atoms with Crippen LogP contribution in [0, 0.1) is 0 Å². The van der Waals surface area contributed by atoms with Crippen molar-refractivity contribution < 1.29 is 0 Å². The molecule has 0 unspecified atom stereocenters. The fourth-order valence-corrected chi connectivity index (χ4v) is 1.82. The van der Waals surface area contributed by atoms with Gasteiger partial charge in [0.25, 0.3) is 0 Å². The molecule has 1 aromatic heterocycles. The molecular weight excluding hydrogens is 174 g/mol. The van der Waals surface area contributed by atoms with Crippen LogP contribution in [-0.4, -0.2) is 15.8 Å². The third kappa shape index (κ3) is 1.76. The lowest BCUT2D eigenvalue weighted by molar-refractivity contribution is 0.408. The van der Waals surface area contributed by atoms with E-state index in [1.807, 2.05) is 11.7 Å². The molecule has 3 nitrogen and oxygen atoms in total. The highest BCUT2D eigenvalue weighted by Crippen LogP contribution is 2.36. The summed E-state index contributed by atoms with van der Waals surface area (Å²) < 4.78 is 1.95. The second kappa shape index (κ2) is 3.64. The Balaban J connectivity index is 2.12. The van der Waals surface area contributed by atoms with Crippen molar-refractivity contribution in [2.45, 2.75) is 45.1 Å². The van der Waals surface area contributed by atoms with Gasteiger partial charge in [0.1, 0.15) is 5.82 Å². The van der Waals surface area contributed by atoms with E-state index in [9.17, 15) is 0 Å². The standard InChI is InChI=1S/C11H19N3/c1-8(2)12-11-7-10(13-14(11)3)9-5-4-6-9/h7-9,12H,4-6H2,1-3H3. The first-order valence-electron chi connectivity index (χ1n) is 5.47. The number of hydrogen-bond donors (Lipinski definition) is 1. The Morgan fingerprint density at radius 3 is 2.71 bits per heavy atom. The molecule has 3 heteroatoms. The number of anilines is 1. The summed E-state index contributed by atoms with van der Waals surface area (Å²) in [6.07, 6.45) is 4.00. The van der Waals surface area contributed by atoms with Crippen LogP contribution in [0.3, 0.4) is 0 Å². The predicted octanol–water partition coefficient (Wildman–Crippen LogP) is 2.51. The molecule has 1 aliphatic carbocycles. The molecule has 1 N–H and O–H groups in total. The second-order valence-electron chi connectivity index (χ2n) is 4.50. The average molecular weight is 193 g/mol. The van der Waals surface area contributed by atoms with Crippen LogP contribution < -0.4 is 5.32 Å². The molecule has 14 heavy (non-hydrogen) atoms. The summed E-state index contributed by atoms with van der Waals surface area (Å²) >= 11 is 0. The van der Waals surface area contributed by atoms with Crippen molar-refractivity contribution in [3.05, 3.63) is 11.8 Å². The van der Waals surface area contributed by atoms with Gasteiger partial charge in [-0.15, -0.1) is 0 Å². The number of aromatic nitrogens is 2. The maximum Gasteiger partial charge on any atom is 0.124 e. The van der Waals surface area contributed by atoms with Crippen LogP contribution >= 0.6 is 0 Å². The maximum atomic E-state index is 4.54. The van der Waals surface area contributed by atoms with E-state index in [4.69, 9.17) is 0 Å². The topological polar surface area (TPSA) is 29.9 Å². The van der Waals surface area contributed by atoms with Gasteiger partial charge in [-0.3, -0.25) is 4.68 Å². The van der Waals surface area contributed by atoms with Gasteiger partial charge in [0.05, 0.1) is 5.69 Å². The van der Waals surface area contributed by atoms with Crippen LogP contribution in [0.2, 0.25) is 0 Å². The van der Waals surface area contributed by atoms with Gasteiger partial charge in [0, 0.05) is 25.1 Å². The highest BCUT2D eigenvalue weighted by molar-refractivity contribution is 5.39. The van der Waals surface area contributed by atoms with Crippen LogP contribution in [0.4, 0.5) is 5.82 Å². The number of hydrogen-bond acceptors (Lipinski definition) is 2. The minimum Gasteiger partial charge on any atom is -0.368 e. The average Bonchev–Trinajstić information content (AvgIpc) is 2.27. The van der Waals surface area contributed by atoms with Gasteiger partial charge in [-0.25, -0.2) is 0 Å². The molecule has 0 aliphatic heterocycles. The lowest BCUT2D eigenvalue weighted by Gasteiger charge is -2.22. The zero-order valence-corrected chi connectivity index (χ0v) is 9.25. The molecule has 1 fully saturated rings. The fourth-order valence-electron chi connectivity index (χ4n) is 1.82. The van der Waals surface area contributed by atoms with Crippen LogP contribution in [0.1, 0.15) is 44.7 Å².